The van der Waals surface area contributed by atoms with E-state index in [2.05, 4.69) is 11.2 Å². The molecule has 1 aliphatic carbocycles. The minimum Gasteiger partial charge on any atom is -0.478 e. The van der Waals surface area contributed by atoms with Gasteiger partial charge in [0.2, 0.25) is 0 Å². The average molecular weight is 290 g/mol. The number of benzene rings is 1. The highest BCUT2D eigenvalue weighted by molar-refractivity contribution is 6.00. The average Bonchev–Trinajstić information content (AvgIpc) is 3.21. The molecule has 0 atom stereocenters. The van der Waals surface area contributed by atoms with Gasteiger partial charge >= 0.3 is 12.0 Å². The molecule has 2 rings (SSSR count). The summed E-state index contributed by atoms with van der Waals surface area (Å²) < 4.78 is 13.5. The zero-order chi connectivity index (χ0) is 15.4. The van der Waals surface area contributed by atoms with Crippen LogP contribution in [-0.2, 0) is 0 Å². The fraction of sp³-hybridized carbons (Fsp3) is 0.333. The van der Waals surface area contributed by atoms with Crippen molar-refractivity contribution in [2.75, 3.05) is 18.4 Å². The van der Waals surface area contributed by atoms with E-state index in [1.165, 1.54) is 17.0 Å². The van der Waals surface area contributed by atoms with Crippen LogP contribution in [0.15, 0.2) is 18.2 Å². The Kier molecular flexibility index (Phi) is 4.43. The molecule has 0 radical (unpaired) electrons. The number of nitrogens with zero attached hydrogens (tertiary/aromatic N) is 1. The van der Waals surface area contributed by atoms with E-state index >= 15 is 0 Å². The lowest BCUT2D eigenvalue weighted by molar-refractivity contribution is 0.0693. The number of terminal acetylenes is 1. The summed E-state index contributed by atoms with van der Waals surface area (Å²) in [5, 5.41) is 11.4. The third kappa shape index (κ3) is 3.72. The largest absolute Gasteiger partial charge is 0.478 e. The standard InChI is InChI=1S/C15H15FN2O3/c1-2-8-18(9-10-6-7-10)15(21)17-12-5-3-4-11(16)13(12)14(19)20/h1,3-5,10H,6-9H2,(H,17,21)(H,19,20). The van der Waals surface area contributed by atoms with E-state index in [1.807, 2.05) is 0 Å². The summed E-state index contributed by atoms with van der Waals surface area (Å²) in [4.78, 5) is 24.7. The Morgan fingerprint density at radius 1 is 1.48 bits per heavy atom. The zero-order valence-electron chi connectivity index (χ0n) is 11.3. The number of anilines is 1. The first-order chi connectivity index (χ1) is 10.0. The van der Waals surface area contributed by atoms with Crippen LogP contribution >= 0.6 is 0 Å². The van der Waals surface area contributed by atoms with Gasteiger partial charge in [0.25, 0.3) is 0 Å². The van der Waals surface area contributed by atoms with Gasteiger partial charge in [0.05, 0.1) is 12.2 Å². The van der Waals surface area contributed by atoms with Gasteiger partial charge in [0.1, 0.15) is 11.4 Å². The number of carbonyl (C=O) groups is 2. The van der Waals surface area contributed by atoms with Crippen molar-refractivity contribution in [2.45, 2.75) is 12.8 Å². The monoisotopic (exact) mass is 290 g/mol. The van der Waals surface area contributed by atoms with Crippen molar-refractivity contribution < 1.29 is 19.1 Å². The molecule has 0 saturated heterocycles. The maximum atomic E-state index is 13.5. The second kappa shape index (κ2) is 6.27. The molecule has 2 N–H and O–H groups in total. The van der Waals surface area contributed by atoms with E-state index in [4.69, 9.17) is 11.5 Å². The van der Waals surface area contributed by atoms with Crippen molar-refractivity contribution in [3.8, 4) is 12.3 Å². The number of carbonyl (C=O) groups excluding carboxylic acids is 1. The highest BCUT2D eigenvalue weighted by Gasteiger charge is 2.27. The molecular weight excluding hydrogens is 275 g/mol. The van der Waals surface area contributed by atoms with Gasteiger partial charge in [0.15, 0.2) is 0 Å². The summed E-state index contributed by atoms with van der Waals surface area (Å²) in [5.41, 5.74) is -0.636. The minimum absolute atomic E-state index is 0.0784. The molecule has 1 aromatic rings. The Balaban J connectivity index is 2.16. The van der Waals surface area contributed by atoms with Crippen LogP contribution in [0.4, 0.5) is 14.9 Å². The third-order valence-electron chi connectivity index (χ3n) is 3.21. The van der Waals surface area contributed by atoms with Gasteiger partial charge < -0.3 is 15.3 Å². The Hall–Kier alpha value is -2.55. The Labute approximate surface area is 121 Å². The number of halogens is 1. The zero-order valence-corrected chi connectivity index (χ0v) is 11.3. The quantitative estimate of drug-likeness (QED) is 0.818. The number of rotatable bonds is 5. The molecule has 5 nitrogen and oxygen atoms in total. The lowest BCUT2D eigenvalue weighted by Gasteiger charge is -2.21. The number of nitrogens with one attached hydrogen (secondary N) is 1. The van der Waals surface area contributed by atoms with Crippen LogP contribution in [0.2, 0.25) is 0 Å². The summed E-state index contributed by atoms with van der Waals surface area (Å²) in [7, 11) is 0. The van der Waals surface area contributed by atoms with E-state index in [-0.39, 0.29) is 12.2 Å². The molecule has 1 saturated carbocycles. The van der Waals surface area contributed by atoms with Crippen LogP contribution in [0.1, 0.15) is 23.2 Å². The first-order valence-electron chi connectivity index (χ1n) is 6.54. The van der Waals surface area contributed by atoms with Gasteiger partial charge in [-0.05, 0) is 30.9 Å². The molecule has 0 heterocycles. The number of hydrogen-bond acceptors (Lipinski definition) is 2. The Bertz CT molecular complexity index is 605. The lowest BCUT2D eigenvalue weighted by Crippen LogP contribution is -2.37. The molecule has 6 heteroatoms. The van der Waals surface area contributed by atoms with Crippen LogP contribution in [0.5, 0.6) is 0 Å². The molecule has 2 amide bonds. The van der Waals surface area contributed by atoms with Crippen molar-refractivity contribution in [2.24, 2.45) is 5.92 Å². The van der Waals surface area contributed by atoms with Gasteiger partial charge in [-0.1, -0.05) is 12.0 Å². The maximum Gasteiger partial charge on any atom is 0.340 e. The predicted molar refractivity (Wildman–Crippen MR) is 75.5 cm³/mol. The smallest absolute Gasteiger partial charge is 0.340 e. The van der Waals surface area contributed by atoms with Gasteiger partial charge in [-0.2, -0.15) is 0 Å². The fourth-order valence-corrected chi connectivity index (χ4v) is 1.98. The van der Waals surface area contributed by atoms with Crippen LogP contribution in [0.25, 0.3) is 0 Å². The first-order valence-corrected chi connectivity index (χ1v) is 6.54. The molecule has 1 aromatic carbocycles. The number of aromatic carboxylic acids is 1. The van der Waals surface area contributed by atoms with E-state index < -0.39 is 23.4 Å². The second-order valence-corrected chi connectivity index (χ2v) is 4.93. The molecule has 0 unspecified atom stereocenters. The molecule has 110 valence electrons. The van der Waals surface area contributed by atoms with Crippen LogP contribution in [0, 0.1) is 24.1 Å². The van der Waals surface area contributed by atoms with Crippen molar-refractivity contribution in [1.29, 1.82) is 0 Å². The van der Waals surface area contributed by atoms with Gasteiger partial charge in [0, 0.05) is 6.54 Å². The normalized spacial score (nSPS) is 13.3. The number of hydrogen-bond donors (Lipinski definition) is 2. The number of amides is 2. The van der Waals surface area contributed by atoms with Gasteiger partial charge in [-0.25, -0.2) is 14.0 Å². The summed E-state index contributed by atoms with van der Waals surface area (Å²) in [5.74, 6) is 0.498. The molecule has 1 fully saturated rings. The van der Waals surface area contributed by atoms with Crippen molar-refractivity contribution >= 4 is 17.7 Å². The SMILES string of the molecule is C#CCN(CC1CC1)C(=O)Nc1cccc(F)c1C(=O)O. The number of carboxylic acids is 1. The summed E-state index contributed by atoms with van der Waals surface area (Å²) in [6.45, 7) is 0.647. The fourth-order valence-electron chi connectivity index (χ4n) is 1.98. The lowest BCUT2D eigenvalue weighted by atomic mass is 10.1. The molecule has 0 aliphatic heterocycles. The highest BCUT2D eigenvalue weighted by Crippen LogP contribution is 2.30. The Morgan fingerprint density at radius 3 is 2.76 bits per heavy atom. The maximum absolute atomic E-state index is 13.5. The van der Waals surface area contributed by atoms with Crippen molar-refractivity contribution in [3.05, 3.63) is 29.6 Å². The van der Waals surface area contributed by atoms with E-state index in [9.17, 15) is 14.0 Å². The molecule has 0 aromatic heterocycles. The highest BCUT2D eigenvalue weighted by atomic mass is 19.1. The summed E-state index contributed by atoms with van der Waals surface area (Å²) in [6, 6.07) is 3.19. The van der Waals surface area contributed by atoms with Crippen LogP contribution < -0.4 is 5.32 Å². The topological polar surface area (TPSA) is 69.6 Å². The third-order valence-corrected chi connectivity index (χ3v) is 3.21. The Morgan fingerprint density at radius 2 is 2.19 bits per heavy atom. The van der Waals surface area contributed by atoms with Crippen LogP contribution in [0.3, 0.4) is 0 Å². The van der Waals surface area contributed by atoms with Crippen LogP contribution in [-0.4, -0.2) is 35.1 Å². The van der Waals surface area contributed by atoms with E-state index in [1.54, 1.807) is 0 Å². The molecule has 0 spiro atoms. The summed E-state index contributed by atoms with van der Waals surface area (Å²) in [6.07, 6.45) is 7.33. The second-order valence-electron chi connectivity index (χ2n) is 4.93. The van der Waals surface area contributed by atoms with Crippen molar-refractivity contribution in [3.63, 3.8) is 0 Å². The number of urea groups is 1. The van der Waals surface area contributed by atoms with Gasteiger partial charge in [-0.15, -0.1) is 6.42 Å². The molecule has 0 bridgehead atoms. The molecule has 21 heavy (non-hydrogen) atoms. The minimum atomic E-state index is -1.44. The predicted octanol–water partition coefficient (Wildman–Crippen LogP) is 2.40. The van der Waals surface area contributed by atoms with E-state index in [0.29, 0.717) is 12.5 Å². The summed E-state index contributed by atoms with van der Waals surface area (Å²) >= 11 is 0. The molecular formula is C15H15FN2O3. The molecule has 1 aliphatic rings. The first kappa shape index (κ1) is 14.9. The number of carboxylic acid groups (broad SMARTS) is 1. The van der Waals surface area contributed by atoms with Crippen molar-refractivity contribution in [1.82, 2.24) is 4.90 Å². The van der Waals surface area contributed by atoms with E-state index in [0.717, 1.165) is 18.9 Å². The van der Waals surface area contributed by atoms with Gasteiger partial charge in [-0.3, -0.25) is 0 Å².